The lowest BCUT2D eigenvalue weighted by atomic mass is 9.77. The fourth-order valence-corrected chi connectivity index (χ4v) is 4.65. The molecule has 10 nitrogen and oxygen atoms in total. The van der Waals surface area contributed by atoms with Crippen LogP contribution < -0.4 is 16.0 Å². The number of amides is 3. The van der Waals surface area contributed by atoms with Crippen LogP contribution in [0.1, 0.15) is 43.9 Å². The van der Waals surface area contributed by atoms with Gasteiger partial charge < -0.3 is 25.3 Å². The van der Waals surface area contributed by atoms with Crippen LogP contribution in [0.5, 0.6) is 0 Å². The molecular weight excluding hydrogens is 532 g/mol. The van der Waals surface area contributed by atoms with Gasteiger partial charge in [0.15, 0.2) is 0 Å². The van der Waals surface area contributed by atoms with Gasteiger partial charge in [-0.2, -0.15) is 0 Å². The number of carbonyl (C=O) groups excluding carboxylic acids is 3. The summed E-state index contributed by atoms with van der Waals surface area (Å²) in [5, 5.41) is 16.1. The number of benzene rings is 3. The molecule has 0 radical (unpaired) electrons. The Balaban J connectivity index is 1.63. The Morgan fingerprint density at radius 3 is 1.71 bits per heavy atom. The molecule has 1 atom stereocenters. The summed E-state index contributed by atoms with van der Waals surface area (Å²) in [5.74, 6) is -0.963. The smallest absolute Gasteiger partial charge is 0.408 e. The molecule has 3 N–H and O–H groups in total. The van der Waals surface area contributed by atoms with E-state index >= 15 is 0 Å². The molecule has 0 aliphatic rings. The quantitative estimate of drug-likeness (QED) is 0.236. The number of hydrogen-bond acceptors (Lipinski definition) is 6. The van der Waals surface area contributed by atoms with E-state index in [9.17, 15) is 14.4 Å². The minimum Gasteiger partial charge on any atom is -0.444 e. The highest BCUT2D eigenvalue weighted by molar-refractivity contribution is 5.91. The van der Waals surface area contributed by atoms with Gasteiger partial charge in [-0.1, -0.05) is 91.0 Å². The van der Waals surface area contributed by atoms with E-state index in [1.165, 1.54) is 12.7 Å². The van der Waals surface area contributed by atoms with Crippen molar-refractivity contribution in [3.8, 4) is 0 Å². The number of aromatic nitrogens is 3. The molecule has 10 heteroatoms. The van der Waals surface area contributed by atoms with Crippen LogP contribution in [-0.4, -0.2) is 50.9 Å². The van der Waals surface area contributed by atoms with Crippen LogP contribution in [0.4, 0.5) is 4.79 Å². The molecule has 1 aromatic heterocycles. The Bertz CT molecular complexity index is 1340. The zero-order valence-corrected chi connectivity index (χ0v) is 24.0. The first-order chi connectivity index (χ1) is 20.2. The van der Waals surface area contributed by atoms with E-state index < -0.39 is 35.1 Å². The van der Waals surface area contributed by atoms with Crippen molar-refractivity contribution in [2.45, 2.75) is 50.9 Å². The van der Waals surface area contributed by atoms with Crippen LogP contribution in [0, 0.1) is 0 Å². The number of nitrogens with zero attached hydrogens (tertiary/aromatic N) is 3. The molecule has 4 rings (SSSR count). The maximum absolute atomic E-state index is 13.9. The summed E-state index contributed by atoms with van der Waals surface area (Å²) < 4.78 is 7.10. The standard InChI is InChI=1S/C32H36N6O4/c1-31(2,3)42-30(41)36-27(29(40)33-19-20-38-22-34-35-23-38)21-28(39)37-32(24-13-7-4-8-14-24,25-15-9-5-10-16-25)26-17-11-6-12-18-26/h4-18,22-23,27H,19-21H2,1-3H3,(H,33,40)(H,36,41)(H,37,39)/t27-/m1/s1. The summed E-state index contributed by atoms with van der Waals surface area (Å²) in [6.45, 7) is 5.83. The molecule has 0 spiro atoms. The molecule has 4 aromatic rings. The highest BCUT2D eigenvalue weighted by Crippen LogP contribution is 2.36. The number of nitrogens with one attached hydrogen (secondary N) is 3. The van der Waals surface area contributed by atoms with Crippen molar-refractivity contribution < 1.29 is 19.1 Å². The minimum atomic E-state index is -1.19. The molecule has 3 amide bonds. The number of ether oxygens (including phenoxy) is 1. The number of rotatable bonds is 11. The third kappa shape index (κ3) is 7.81. The first-order valence-electron chi connectivity index (χ1n) is 13.7. The van der Waals surface area contributed by atoms with Crippen LogP contribution in [0.15, 0.2) is 104 Å². The highest BCUT2D eigenvalue weighted by Gasteiger charge is 2.39. The maximum atomic E-state index is 13.9. The van der Waals surface area contributed by atoms with Gasteiger partial charge in [-0.3, -0.25) is 9.59 Å². The first-order valence-corrected chi connectivity index (χ1v) is 13.7. The Morgan fingerprint density at radius 1 is 0.786 bits per heavy atom. The molecule has 0 fully saturated rings. The lowest BCUT2D eigenvalue weighted by Gasteiger charge is -2.37. The molecule has 42 heavy (non-hydrogen) atoms. The minimum absolute atomic E-state index is 0.243. The summed E-state index contributed by atoms with van der Waals surface area (Å²) in [7, 11) is 0. The Labute approximate surface area is 245 Å². The van der Waals surface area contributed by atoms with Crippen molar-refractivity contribution in [2.24, 2.45) is 0 Å². The zero-order valence-electron chi connectivity index (χ0n) is 24.0. The monoisotopic (exact) mass is 568 g/mol. The van der Waals surface area contributed by atoms with Gasteiger partial charge >= 0.3 is 6.09 Å². The van der Waals surface area contributed by atoms with Crippen LogP contribution in [0.3, 0.4) is 0 Å². The molecule has 0 saturated heterocycles. The van der Waals surface area contributed by atoms with Crippen LogP contribution in [0.25, 0.3) is 0 Å². The van der Waals surface area contributed by atoms with Gasteiger partial charge in [0.1, 0.15) is 29.8 Å². The summed E-state index contributed by atoms with van der Waals surface area (Å²) in [4.78, 5) is 39.9. The molecule has 1 heterocycles. The van der Waals surface area contributed by atoms with E-state index in [4.69, 9.17) is 4.74 Å². The van der Waals surface area contributed by atoms with Crippen LogP contribution in [0.2, 0.25) is 0 Å². The van der Waals surface area contributed by atoms with Gasteiger partial charge in [0, 0.05) is 13.1 Å². The van der Waals surface area contributed by atoms with Crippen molar-refractivity contribution in [1.82, 2.24) is 30.7 Å². The maximum Gasteiger partial charge on any atom is 0.408 e. The summed E-state index contributed by atoms with van der Waals surface area (Å²) >= 11 is 0. The number of carbonyl (C=O) groups is 3. The highest BCUT2D eigenvalue weighted by atomic mass is 16.6. The Hall–Kier alpha value is -4.99. The normalized spacial score (nSPS) is 12.2. The van der Waals surface area contributed by atoms with Crippen LogP contribution in [-0.2, 0) is 26.4 Å². The van der Waals surface area contributed by atoms with Crippen molar-refractivity contribution >= 4 is 17.9 Å². The van der Waals surface area contributed by atoms with Crippen molar-refractivity contribution in [1.29, 1.82) is 0 Å². The lowest BCUT2D eigenvalue weighted by Crippen LogP contribution is -2.53. The van der Waals surface area contributed by atoms with Gasteiger partial charge in [-0.25, -0.2) is 4.79 Å². The average Bonchev–Trinajstić information content (AvgIpc) is 3.49. The number of alkyl carbamates (subject to hydrolysis) is 1. The van der Waals surface area contributed by atoms with E-state index in [0.29, 0.717) is 6.54 Å². The molecule has 218 valence electrons. The third-order valence-corrected chi connectivity index (χ3v) is 6.48. The molecule has 0 bridgehead atoms. The van der Waals surface area contributed by atoms with E-state index in [0.717, 1.165) is 16.7 Å². The molecule has 0 unspecified atom stereocenters. The Morgan fingerprint density at radius 2 is 1.26 bits per heavy atom. The first kappa shape index (κ1) is 30.0. The SMILES string of the molecule is CC(C)(C)OC(=O)N[C@H](CC(=O)NC(c1ccccc1)(c1ccccc1)c1ccccc1)C(=O)NCCn1cnnc1. The van der Waals surface area contributed by atoms with Crippen molar-refractivity contribution in [2.75, 3.05) is 6.54 Å². The average molecular weight is 569 g/mol. The van der Waals surface area contributed by atoms with E-state index in [-0.39, 0.29) is 13.0 Å². The topological polar surface area (TPSA) is 127 Å². The second-order valence-corrected chi connectivity index (χ2v) is 10.8. The summed E-state index contributed by atoms with van der Waals surface area (Å²) in [5.41, 5.74) is 0.662. The van der Waals surface area contributed by atoms with Gasteiger partial charge in [0.25, 0.3) is 0 Å². The predicted octanol–water partition coefficient (Wildman–Crippen LogP) is 3.79. The van der Waals surface area contributed by atoms with Gasteiger partial charge in [-0.15, -0.1) is 10.2 Å². The molecule has 0 aliphatic carbocycles. The summed E-state index contributed by atoms with van der Waals surface area (Å²) in [6, 6.07) is 27.8. The second kappa shape index (κ2) is 13.6. The largest absolute Gasteiger partial charge is 0.444 e. The van der Waals surface area contributed by atoms with E-state index in [1.54, 1.807) is 25.3 Å². The third-order valence-electron chi connectivity index (χ3n) is 6.48. The molecule has 0 aliphatic heterocycles. The van der Waals surface area contributed by atoms with Gasteiger partial charge in [0.2, 0.25) is 11.8 Å². The molecule has 0 saturated carbocycles. The fraction of sp³-hybridized carbons (Fsp3) is 0.281. The molecular formula is C32H36N6O4. The fourth-order valence-electron chi connectivity index (χ4n) is 4.65. The van der Waals surface area contributed by atoms with Crippen molar-refractivity contribution in [3.63, 3.8) is 0 Å². The second-order valence-electron chi connectivity index (χ2n) is 10.8. The summed E-state index contributed by atoms with van der Waals surface area (Å²) in [6.07, 6.45) is 1.94. The number of hydrogen-bond donors (Lipinski definition) is 3. The van der Waals surface area contributed by atoms with E-state index in [2.05, 4.69) is 26.1 Å². The van der Waals surface area contributed by atoms with Crippen LogP contribution >= 0.6 is 0 Å². The lowest BCUT2D eigenvalue weighted by molar-refractivity contribution is -0.129. The van der Waals surface area contributed by atoms with E-state index in [1.807, 2.05) is 91.0 Å². The molecule has 3 aromatic carbocycles. The van der Waals surface area contributed by atoms with Gasteiger partial charge in [0.05, 0.1) is 6.42 Å². The Kier molecular flexibility index (Phi) is 9.69. The zero-order chi connectivity index (χ0) is 30.0. The van der Waals surface area contributed by atoms with Gasteiger partial charge in [-0.05, 0) is 37.5 Å². The predicted molar refractivity (Wildman–Crippen MR) is 158 cm³/mol. The van der Waals surface area contributed by atoms with Crippen molar-refractivity contribution in [3.05, 3.63) is 120 Å².